The molecule has 2 aliphatic rings. The van der Waals surface area contributed by atoms with E-state index >= 15 is 0 Å². The highest BCUT2D eigenvalue weighted by atomic mass is 19.4. The average molecular weight is 535 g/mol. The van der Waals surface area contributed by atoms with Crippen molar-refractivity contribution >= 4 is 5.71 Å². The lowest BCUT2D eigenvalue weighted by Gasteiger charge is -2.30. The smallest absolute Gasteiger partial charge is 0.395 e. The lowest BCUT2D eigenvalue weighted by atomic mass is 9.70. The lowest BCUT2D eigenvalue weighted by molar-refractivity contribution is -0.0928. The molecule has 2 N–H and O–H groups in total. The molecule has 0 radical (unpaired) electrons. The van der Waals surface area contributed by atoms with Crippen molar-refractivity contribution in [2.75, 3.05) is 0 Å². The predicted octanol–water partition coefficient (Wildman–Crippen LogP) is 7.94. The Labute approximate surface area is 220 Å². The summed E-state index contributed by atoms with van der Waals surface area (Å²) in [5.41, 5.74) is 9.27. The van der Waals surface area contributed by atoms with Gasteiger partial charge in [0.2, 0.25) is 0 Å². The number of allylic oxidation sites excluding steroid dienone is 2. The zero-order valence-corrected chi connectivity index (χ0v) is 20.2. The molecule has 0 aromatic heterocycles. The molecule has 0 saturated carbocycles. The van der Waals surface area contributed by atoms with E-state index in [0.717, 1.165) is 44.5 Å². The summed E-state index contributed by atoms with van der Waals surface area (Å²) in [7, 11) is 0. The van der Waals surface area contributed by atoms with E-state index in [9.17, 15) is 26.3 Å². The summed E-state index contributed by atoms with van der Waals surface area (Å²) in [6.45, 7) is -0.473. The molecule has 8 heteroatoms. The van der Waals surface area contributed by atoms with Gasteiger partial charge in [-0.25, -0.2) is 0 Å². The van der Waals surface area contributed by atoms with Gasteiger partial charge in [-0.2, -0.15) is 26.3 Å². The van der Waals surface area contributed by atoms with Crippen LogP contribution in [0.4, 0.5) is 26.3 Å². The van der Waals surface area contributed by atoms with Crippen molar-refractivity contribution in [2.45, 2.75) is 24.3 Å². The minimum atomic E-state index is -5.10. The van der Waals surface area contributed by atoms with Crippen LogP contribution in [0.25, 0.3) is 22.3 Å². The van der Waals surface area contributed by atoms with Crippen LogP contribution < -0.4 is 5.73 Å². The predicted molar refractivity (Wildman–Crippen MR) is 138 cm³/mol. The first-order valence-electron chi connectivity index (χ1n) is 12.1. The van der Waals surface area contributed by atoms with Gasteiger partial charge in [-0.05, 0) is 56.1 Å². The average Bonchev–Trinajstić information content (AvgIpc) is 3.37. The van der Waals surface area contributed by atoms with Gasteiger partial charge in [0.1, 0.15) is 11.4 Å². The maximum Gasteiger partial charge on any atom is 0.432 e. The number of alkyl halides is 6. The van der Waals surface area contributed by atoms with Crippen molar-refractivity contribution in [1.82, 2.24) is 0 Å². The third-order valence-corrected chi connectivity index (χ3v) is 7.40. The van der Waals surface area contributed by atoms with Crippen molar-refractivity contribution in [1.29, 1.82) is 0 Å². The van der Waals surface area contributed by atoms with Gasteiger partial charge in [-0.15, -0.1) is 0 Å². The Morgan fingerprint density at radius 2 is 1.10 bits per heavy atom. The molecule has 0 bridgehead atoms. The number of hydrogen-bond donors (Lipinski definition) is 1. The molecule has 2 nitrogen and oxygen atoms in total. The second kappa shape index (κ2) is 8.59. The van der Waals surface area contributed by atoms with Crippen molar-refractivity contribution in [2.24, 2.45) is 10.7 Å². The van der Waals surface area contributed by atoms with Crippen molar-refractivity contribution < 1.29 is 26.3 Å². The van der Waals surface area contributed by atoms with Crippen LogP contribution in [0.15, 0.2) is 108 Å². The summed E-state index contributed by atoms with van der Waals surface area (Å²) in [6.07, 6.45) is -10.4. The number of nitrogens with two attached hydrogens (primary N) is 1. The van der Waals surface area contributed by atoms with E-state index in [1.165, 1.54) is 0 Å². The Kier molecular flexibility index (Phi) is 5.50. The van der Waals surface area contributed by atoms with Crippen LogP contribution in [0.5, 0.6) is 0 Å². The topological polar surface area (TPSA) is 38.4 Å². The number of fused-ring (bicyclic) bond motifs is 10. The monoisotopic (exact) mass is 534 g/mol. The molecule has 2 aliphatic carbocycles. The Morgan fingerprint density at radius 1 is 0.641 bits per heavy atom. The molecule has 0 atom stereocenters. The first kappa shape index (κ1) is 25.0. The van der Waals surface area contributed by atoms with E-state index in [-0.39, 0.29) is 6.08 Å². The molecule has 6 rings (SSSR count). The Bertz CT molecular complexity index is 1610. The zero-order chi connectivity index (χ0) is 27.6. The normalized spacial score (nSPS) is 15.6. The Hall–Kier alpha value is -4.33. The third-order valence-electron chi connectivity index (χ3n) is 7.40. The highest BCUT2D eigenvalue weighted by Gasteiger charge is 2.51. The molecule has 4 aromatic carbocycles. The Morgan fingerprint density at radius 3 is 1.56 bits per heavy atom. The Balaban J connectivity index is 1.54. The van der Waals surface area contributed by atoms with Crippen LogP contribution in [0.3, 0.4) is 0 Å². The van der Waals surface area contributed by atoms with Crippen LogP contribution in [0.1, 0.15) is 27.8 Å². The van der Waals surface area contributed by atoms with Gasteiger partial charge in [-0.1, -0.05) is 91.0 Å². The summed E-state index contributed by atoms with van der Waals surface area (Å²) in [5.74, 6) is 0. The highest BCUT2D eigenvalue weighted by Crippen LogP contribution is 2.62. The van der Waals surface area contributed by atoms with Gasteiger partial charge >= 0.3 is 12.4 Å². The van der Waals surface area contributed by atoms with Crippen molar-refractivity contribution in [3.63, 3.8) is 0 Å². The van der Waals surface area contributed by atoms with Crippen LogP contribution >= 0.6 is 0 Å². The number of aliphatic imine (C=N–C) groups is 1. The van der Waals surface area contributed by atoms with Crippen molar-refractivity contribution in [3.05, 3.63) is 131 Å². The van der Waals surface area contributed by atoms with E-state index in [4.69, 9.17) is 5.73 Å². The third kappa shape index (κ3) is 3.77. The van der Waals surface area contributed by atoms with Gasteiger partial charge < -0.3 is 5.73 Å². The number of hydrogen-bond acceptors (Lipinski definition) is 2. The molecule has 39 heavy (non-hydrogen) atoms. The van der Waals surface area contributed by atoms with E-state index < -0.39 is 35.7 Å². The van der Waals surface area contributed by atoms with E-state index in [0.29, 0.717) is 5.56 Å². The minimum Gasteiger partial charge on any atom is -0.395 e. The van der Waals surface area contributed by atoms with E-state index in [1.807, 2.05) is 54.6 Å². The number of benzene rings is 4. The van der Waals surface area contributed by atoms with Gasteiger partial charge in [0, 0.05) is 0 Å². The van der Waals surface area contributed by atoms with Crippen LogP contribution in [0.2, 0.25) is 0 Å². The number of rotatable bonds is 3. The van der Waals surface area contributed by atoms with Crippen LogP contribution in [0, 0.1) is 0 Å². The molecule has 1 spiro atoms. The molecule has 196 valence electrons. The summed E-state index contributed by atoms with van der Waals surface area (Å²) >= 11 is 0. The summed E-state index contributed by atoms with van der Waals surface area (Å²) in [4.78, 5) is 3.53. The second-order valence-electron chi connectivity index (χ2n) is 9.56. The molecule has 0 fully saturated rings. The summed E-state index contributed by atoms with van der Waals surface area (Å²) < 4.78 is 79.1. The SMILES string of the molecule is N/C(=C\C(=NCc1ccc2c(c1)C1(c3ccccc3-c3ccccc31)c1ccccc1-2)C(F)(F)F)C(F)(F)F. The number of halogens is 6. The molecule has 4 aromatic rings. The number of nitrogens with zero attached hydrogens (tertiary/aromatic N) is 1. The minimum absolute atomic E-state index is 0.159. The van der Waals surface area contributed by atoms with Gasteiger partial charge in [0.05, 0.1) is 12.0 Å². The first-order valence-corrected chi connectivity index (χ1v) is 12.1. The molecule has 0 aliphatic heterocycles. The first-order chi connectivity index (χ1) is 18.5. The molecule has 0 unspecified atom stereocenters. The lowest BCUT2D eigenvalue weighted by Crippen LogP contribution is -2.27. The van der Waals surface area contributed by atoms with E-state index in [1.54, 1.807) is 6.07 Å². The maximum absolute atomic E-state index is 13.5. The fraction of sp³-hybridized carbons (Fsp3) is 0.129. The molecular formula is C31H20F6N2. The summed E-state index contributed by atoms with van der Waals surface area (Å²) in [6, 6.07) is 29.5. The fourth-order valence-electron chi connectivity index (χ4n) is 5.86. The van der Waals surface area contributed by atoms with Gasteiger partial charge in [-0.3, -0.25) is 4.99 Å². The van der Waals surface area contributed by atoms with Crippen LogP contribution in [-0.4, -0.2) is 18.1 Å². The highest BCUT2D eigenvalue weighted by molar-refractivity contribution is 6.00. The quantitative estimate of drug-likeness (QED) is 0.182. The molecule has 0 saturated heterocycles. The maximum atomic E-state index is 13.5. The summed E-state index contributed by atoms with van der Waals surface area (Å²) in [5, 5.41) is 0. The van der Waals surface area contributed by atoms with Gasteiger partial charge in [0.15, 0.2) is 0 Å². The van der Waals surface area contributed by atoms with Crippen LogP contribution in [-0.2, 0) is 12.0 Å². The second-order valence-corrected chi connectivity index (χ2v) is 9.56. The molecule has 0 heterocycles. The van der Waals surface area contributed by atoms with Gasteiger partial charge in [0.25, 0.3) is 0 Å². The fourth-order valence-corrected chi connectivity index (χ4v) is 5.86. The zero-order valence-electron chi connectivity index (χ0n) is 20.2. The molecule has 0 amide bonds. The molecular weight excluding hydrogens is 514 g/mol. The largest absolute Gasteiger partial charge is 0.432 e. The van der Waals surface area contributed by atoms with E-state index in [2.05, 4.69) is 35.3 Å². The van der Waals surface area contributed by atoms with Crippen molar-refractivity contribution in [3.8, 4) is 22.3 Å². The standard InChI is InChI=1S/C31H20F6N2/c32-30(33,34)27(38)16-28(31(35,36)37)39-17-18-13-14-22-21-9-3-6-12-25(21)29(26(22)15-18)23-10-4-1-7-19(23)20-8-2-5-11-24(20)29/h1-16H,17,38H2/b27-16-,39-28?.